The predicted octanol–water partition coefficient (Wildman–Crippen LogP) is 3.57. The van der Waals surface area contributed by atoms with E-state index in [-0.39, 0.29) is 13.0 Å². The Morgan fingerprint density at radius 1 is 0.875 bits per heavy atom. The van der Waals surface area contributed by atoms with Crippen LogP contribution < -0.4 is 0 Å². The third-order valence-corrected chi connectivity index (χ3v) is 3.75. The summed E-state index contributed by atoms with van der Waals surface area (Å²) in [5, 5.41) is 9.39. The van der Waals surface area contributed by atoms with Crippen LogP contribution in [0.1, 0.15) is 72.6 Å². The summed E-state index contributed by atoms with van der Waals surface area (Å²) in [6, 6.07) is 0. The second-order valence-electron chi connectivity index (χ2n) is 5.82. The van der Waals surface area contributed by atoms with E-state index >= 15 is 0 Å². The number of carboxylic acid groups (broad SMARTS) is 1. The van der Waals surface area contributed by atoms with Crippen LogP contribution >= 0.6 is 0 Å². The molecule has 0 heterocycles. The zero-order valence-corrected chi connectivity index (χ0v) is 15.6. The molecule has 0 spiro atoms. The molecule has 0 aliphatic carbocycles. The highest BCUT2D eigenvalue weighted by Gasteiger charge is 2.46. The molecule has 0 aromatic carbocycles. The number of Topliss-reactive ketones (excluding diaryl/α,β-unsaturated/α-hetero) is 1. The quantitative estimate of drug-likeness (QED) is 0.261. The summed E-state index contributed by atoms with van der Waals surface area (Å²) >= 11 is 0. The molecular formula is C18H34O6. The highest BCUT2D eigenvalue weighted by molar-refractivity contribution is 6.04. The first-order chi connectivity index (χ1) is 11.5. The minimum Gasteiger partial charge on any atom is -0.479 e. The SMILES string of the molecule is CCCCOC(C(=O)O)C(=O)C(CC)(OCCCC)OCCCC. The first-order valence-electron chi connectivity index (χ1n) is 9.15. The maximum atomic E-state index is 12.9. The molecule has 0 aromatic rings. The Balaban J connectivity index is 5.20. The summed E-state index contributed by atoms with van der Waals surface area (Å²) in [6.07, 6.45) is 3.64. The van der Waals surface area contributed by atoms with Crippen LogP contribution in [0.4, 0.5) is 0 Å². The molecule has 24 heavy (non-hydrogen) atoms. The van der Waals surface area contributed by atoms with Crippen molar-refractivity contribution in [2.24, 2.45) is 0 Å². The minimum atomic E-state index is -1.56. The van der Waals surface area contributed by atoms with Crippen molar-refractivity contribution in [3.63, 3.8) is 0 Å². The van der Waals surface area contributed by atoms with Gasteiger partial charge in [0.05, 0.1) is 13.2 Å². The molecule has 0 radical (unpaired) electrons. The van der Waals surface area contributed by atoms with Gasteiger partial charge in [0.1, 0.15) is 0 Å². The lowest BCUT2D eigenvalue weighted by Gasteiger charge is -2.33. The fourth-order valence-electron chi connectivity index (χ4n) is 2.13. The summed E-state index contributed by atoms with van der Waals surface area (Å²) in [7, 11) is 0. The van der Waals surface area contributed by atoms with Gasteiger partial charge >= 0.3 is 5.97 Å². The molecule has 6 nitrogen and oxygen atoms in total. The van der Waals surface area contributed by atoms with Crippen molar-refractivity contribution in [3.05, 3.63) is 0 Å². The zero-order chi connectivity index (χ0) is 18.4. The van der Waals surface area contributed by atoms with Crippen LogP contribution in [0.2, 0.25) is 0 Å². The highest BCUT2D eigenvalue weighted by atomic mass is 16.7. The molecule has 0 aliphatic rings. The van der Waals surface area contributed by atoms with Crippen molar-refractivity contribution in [2.45, 2.75) is 84.5 Å². The number of carbonyl (C=O) groups is 2. The maximum Gasteiger partial charge on any atom is 0.340 e. The highest BCUT2D eigenvalue weighted by Crippen LogP contribution is 2.24. The van der Waals surface area contributed by atoms with Crippen LogP contribution in [-0.4, -0.2) is 48.6 Å². The molecule has 6 heteroatoms. The third-order valence-electron chi connectivity index (χ3n) is 3.75. The Bertz CT molecular complexity index is 345. The molecule has 0 amide bonds. The van der Waals surface area contributed by atoms with E-state index in [4.69, 9.17) is 14.2 Å². The molecule has 0 bridgehead atoms. The number of carbonyl (C=O) groups excluding carboxylic acids is 1. The van der Waals surface area contributed by atoms with Crippen LogP contribution in [0, 0.1) is 0 Å². The van der Waals surface area contributed by atoms with Gasteiger partial charge in [-0.1, -0.05) is 47.0 Å². The van der Waals surface area contributed by atoms with E-state index in [0.717, 1.165) is 32.1 Å². The monoisotopic (exact) mass is 346 g/mol. The largest absolute Gasteiger partial charge is 0.479 e. The summed E-state index contributed by atoms with van der Waals surface area (Å²) in [5.41, 5.74) is 0. The molecule has 0 aliphatic heterocycles. The average molecular weight is 346 g/mol. The van der Waals surface area contributed by atoms with Crippen molar-refractivity contribution < 1.29 is 28.9 Å². The van der Waals surface area contributed by atoms with Gasteiger partial charge in [-0.2, -0.15) is 0 Å². The van der Waals surface area contributed by atoms with Crippen LogP contribution in [0.3, 0.4) is 0 Å². The number of hydrogen-bond acceptors (Lipinski definition) is 5. The summed E-state index contributed by atoms with van der Waals surface area (Å²) in [4.78, 5) is 24.4. The van der Waals surface area contributed by atoms with E-state index < -0.39 is 23.6 Å². The van der Waals surface area contributed by atoms with Gasteiger partial charge in [-0.15, -0.1) is 0 Å². The molecule has 142 valence electrons. The maximum absolute atomic E-state index is 12.9. The van der Waals surface area contributed by atoms with Crippen LogP contribution in [-0.2, 0) is 23.8 Å². The summed E-state index contributed by atoms with van der Waals surface area (Å²) in [5.74, 6) is -3.49. The Kier molecular flexibility index (Phi) is 12.8. The lowest BCUT2D eigenvalue weighted by Crippen LogP contribution is -2.52. The van der Waals surface area contributed by atoms with Gasteiger partial charge in [0.2, 0.25) is 17.7 Å². The zero-order valence-electron chi connectivity index (χ0n) is 15.6. The Morgan fingerprint density at radius 2 is 1.33 bits per heavy atom. The fraction of sp³-hybridized carbons (Fsp3) is 0.889. The lowest BCUT2D eigenvalue weighted by atomic mass is 10.0. The number of unbranched alkanes of at least 4 members (excludes halogenated alkanes) is 3. The number of ether oxygens (including phenoxy) is 3. The van der Waals surface area contributed by atoms with Crippen molar-refractivity contribution in [1.29, 1.82) is 0 Å². The Morgan fingerprint density at radius 3 is 1.71 bits per heavy atom. The molecule has 1 N–H and O–H groups in total. The van der Waals surface area contributed by atoms with Gasteiger partial charge in [-0.05, 0) is 19.3 Å². The molecule has 0 rings (SSSR count). The number of rotatable bonds is 16. The normalized spacial score (nSPS) is 13.0. The van der Waals surface area contributed by atoms with Crippen molar-refractivity contribution in [2.75, 3.05) is 19.8 Å². The van der Waals surface area contributed by atoms with Gasteiger partial charge in [0, 0.05) is 13.0 Å². The number of aliphatic carboxylic acids is 1. The van der Waals surface area contributed by atoms with Crippen molar-refractivity contribution in [1.82, 2.24) is 0 Å². The van der Waals surface area contributed by atoms with E-state index in [9.17, 15) is 14.7 Å². The summed E-state index contributed by atoms with van der Waals surface area (Å²) in [6.45, 7) is 8.70. The topological polar surface area (TPSA) is 82.1 Å². The van der Waals surface area contributed by atoms with Gasteiger partial charge < -0.3 is 19.3 Å². The predicted molar refractivity (Wildman–Crippen MR) is 92.0 cm³/mol. The van der Waals surface area contributed by atoms with Gasteiger partial charge in [0.25, 0.3) is 0 Å². The average Bonchev–Trinajstić information content (AvgIpc) is 2.57. The second kappa shape index (κ2) is 13.3. The Hall–Kier alpha value is -0.980. The van der Waals surface area contributed by atoms with Gasteiger partial charge in [-0.3, -0.25) is 4.79 Å². The second-order valence-corrected chi connectivity index (χ2v) is 5.82. The number of carboxylic acids is 1. The van der Waals surface area contributed by atoms with E-state index in [1.165, 1.54) is 0 Å². The van der Waals surface area contributed by atoms with E-state index in [1.807, 2.05) is 20.8 Å². The molecule has 0 saturated heterocycles. The van der Waals surface area contributed by atoms with Gasteiger partial charge in [-0.25, -0.2) is 4.79 Å². The van der Waals surface area contributed by atoms with Crippen molar-refractivity contribution >= 4 is 11.8 Å². The molecule has 0 saturated carbocycles. The Labute approximate surface area is 145 Å². The lowest BCUT2D eigenvalue weighted by molar-refractivity contribution is -0.238. The van der Waals surface area contributed by atoms with Crippen LogP contribution in [0.15, 0.2) is 0 Å². The summed E-state index contributed by atoms with van der Waals surface area (Å²) < 4.78 is 16.8. The minimum absolute atomic E-state index is 0.225. The fourth-order valence-corrected chi connectivity index (χ4v) is 2.13. The third kappa shape index (κ3) is 7.73. The van der Waals surface area contributed by atoms with E-state index in [0.29, 0.717) is 19.6 Å². The van der Waals surface area contributed by atoms with E-state index in [2.05, 4.69) is 0 Å². The van der Waals surface area contributed by atoms with Crippen molar-refractivity contribution in [3.8, 4) is 0 Å². The molecule has 1 unspecified atom stereocenters. The van der Waals surface area contributed by atoms with E-state index in [1.54, 1.807) is 6.92 Å². The molecule has 0 fully saturated rings. The van der Waals surface area contributed by atoms with Crippen LogP contribution in [0.25, 0.3) is 0 Å². The number of ketones is 1. The number of hydrogen-bond donors (Lipinski definition) is 1. The first kappa shape index (κ1) is 23.0. The smallest absolute Gasteiger partial charge is 0.340 e. The standard InChI is InChI=1S/C18H34O6/c1-5-9-12-22-15(17(20)21)16(19)18(8-4,23-13-10-6-2)24-14-11-7-3/h15H,5-14H2,1-4H3,(H,20,21). The first-order valence-corrected chi connectivity index (χ1v) is 9.15. The van der Waals surface area contributed by atoms with Gasteiger partial charge in [0.15, 0.2) is 0 Å². The molecular weight excluding hydrogens is 312 g/mol. The van der Waals surface area contributed by atoms with Crippen LogP contribution in [0.5, 0.6) is 0 Å². The molecule has 1 atom stereocenters. The molecule has 0 aromatic heterocycles.